The normalized spacial score (nSPS) is 15.6. The first-order valence-electron chi connectivity index (χ1n) is 3.49. The van der Waals surface area contributed by atoms with Gasteiger partial charge in [0, 0.05) is 0 Å². The van der Waals surface area contributed by atoms with E-state index in [0.29, 0.717) is 0 Å². The van der Waals surface area contributed by atoms with Gasteiger partial charge in [0.15, 0.2) is 0 Å². The number of hydrogen-bond acceptors (Lipinski definition) is 1. The molecule has 0 saturated carbocycles. The van der Waals surface area contributed by atoms with Gasteiger partial charge in [0.2, 0.25) is 0 Å². The predicted octanol–water partition coefficient (Wildman–Crippen LogP) is 0.891. The summed E-state index contributed by atoms with van der Waals surface area (Å²) in [4.78, 5) is 10.7. The summed E-state index contributed by atoms with van der Waals surface area (Å²) >= 11 is -0.447. The Morgan fingerprint density at radius 2 is 2.27 bits per heavy atom. The van der Waals surface area contributed by atoms with Crippen LogP contribution in [0.1, 0.15) is 20.3 Å². The maximum absolute atomic E-state index is 10.7. The zero-order valence-corrected chi connectivity index (χ0v) is 10.1. The van der Waals surface area contributed by atoms with Crippen molar-refractivity contribution in [1.82, 2.24) is 0 Å². The van der Waals surface area contributed by atoms with E-state index in [1.807, 2.05) is 0 Å². The van der Waals surface area contributed by atoms with E-state index in [9.17, 15) is 4.79 Å². The van der Waals surface area contributed by atoms with Crippen LogP contribution in [-0.4, -0.2) is 37.0 Å². The van der Waals surface area contributed by atoms with Crippen molar-refractivity contribution in [3.8, 4) is 0 Å². The van der Waals surface area contributed by atoms with Crippen LogP contribution < -0.4 is 0 Å². The van der Waals surface area contributed by atoms with Gasteiger partial charge in [0.1, 0.15) is 0 Å². The summed E-state index contributed by atoms with van der Waals surface area (Å²) in [5.74, 6) is -0.688. The Hall–Kier alpha value is -0.0369. The number of rotatable bonds is 3. The molecule has 0 aromatic rings. The molecule has 1 aliphatic rings. The minimum absolute atomic E-state index is 0.447. The zero-order chi connectivity index (χ0) is 8.48. The van der Waals surface area contributed by atoms with Crippen LogP contribution in [0.25, 0.3) is 0 Å². The van der Waals surface area contributed by atoms with Gasteiger partial charge in [-0.2, -0.15) is 0 Å². The molecule has 0 unspecified atom stereocenters. The molecule has 0 aliphatic carbocycles. The van der Waals surface area contributed by atoms with Crippen LogP contribution >= 0.6 is 0 Å². The molecule has 0 aromatic heterocycles. The molecule has 60 valence electrons. The van der Waals surface area contributed by atoms with Crippen LogP contribution in [0.3, 0.4) is 0 Å². The van der Waals surface area contributed by atoms with Crippen LogP contribution in [-0.2, 0) is 4.79 Å². The van der Waals surface area contributed by atoms with Crippen molar-refractivity contribution in [2.75, 3.05) is 0 Å². The maximum atomic E-state index is 10.7. The van der Waals surface area contributed by atoms with Crippen molar-refractivity contribution in [3.63, 3.8) is 0 Å². The second kappa shape index (κ2) is 3.14. The summed E-state index contributed by atoms with van der Waals surface area (Å²) in [5.41, 5.74) is -0.552. The fourth-order valence-corrected chi connectivity index (χ4v) is 4.10. The molecule has 1 N–H and O–H groups in total. The van der Waals surface area contributed by atoms with E-state index in [1.54, 1.807) is 13.8 Å². The Bertz CT molecular complexity index is 238. The summed E-state index contributed by atoms with van der Waals surface area (Å²) in [6, 6.07) is 0. The molecule has 0 bridgehead atoms. The zero-order valence-electron chi connectivity index (χ0n) is 6.66. The van der Waals surface area contributed by atoms with E-state index in [2.05, 4.69) is 9.86 Å². The van der Waals surface area contributed by atoms with Gasteiger partial charge < -0.3 is 0 Å². The van der Waals surface area contributed by atoms with Crippen LogP contribution in [0.5, 0.6) is 0 Å². The van der Waals surface area contributed by atoms with E-state index in [-0.39, 0.29) is 0 Å². The van der Waals surface area contributed by atoms with Gasteiger partial charge in [-0.1, -0.05) is 0 Å². The van der Waals surface area contributed by atoms with Gasteiger partial charge in [0.05, 0.1) is 0 Å². The summed E-state index contributed by atoms with van der Waals surface area (Å²) in [6.07, 6.45) is 2.84. The number of aliphatic carboxylic acids is 1. The molecule has 0 amide bonds. The van der Waals surface area contributed by atoms with Crippen LogP contribution in [0.4, 0.5) is 0 Å². The van der Waals surface area contributed by atoms with Crippen LogP contribution in [0.2, 0.25) is 0 Å². The molecule has 0 saturated heterocycles. The first kappa shape index (κ1) is 9.05. The van der Waals surface area contributed by atoms with Crippen LogP contribution in [0.15, 0.2) is 9.86 Å². The fourth-order valence-electron chi connectivity index (χ4n) is 0.813. The molecule has 0 spiro atoms. The van der Waals surface area contributed by atoms with Gasteiger partial charge in [-0.15, -0.1) is 0 Å². The molecule has 0 aromatic carbocycles. The first-order valence-corrected chi connectivity index (χ1v) is 7.23. The molecule has 1 heterocycles. The summed E-state index contributed by atoms with van der Waals surface area (Å²) in [7, 11) is 0. The van der Waals surface area contributed by atoms with Crippen molar-refractivity contribution in [2.45, 2.75) is 20.3 Å². The predicted molar refractivity (Wildman–Crippen MR) is 45.9 cm³/mol. The second-order valence-corrected chi connectivity index (χ2v) is 7.70. The Labute approximate surface area is 77.3 Å². The number of allylic oxidation sites excluding steroid dienone is 1. The van der Waals surface area contributed by atoms with E-state index in [1.165, 1.54) is 3.21 Å². The molecule has 0 fully saturated rings. The number of carbonyl (C=O) groups is 1. The quantitative estimate of drug-likeness (QED) is 0.770. The van der Waals surface area contributed by atoms with Gasteiger partial charge in [0.25, 0.3) is 0 Å². The van der Waals surface area contributed by atoms with E-state index < -0.39 is 34.1 Å². The third kappa shape index (κ3) is 2.20. The molecule has 1 aliphatic heterocycles. The summed E-state index contributed by atoms with van der Waals surface area (Å²) in [5, 5.41) is 8.79. The van der Waals surface area contributed by atoms with Gasteiger partial charge in [-0.3, -0.25) is 0 Å². The molecule has 11 heavy (non-hydrogen) atoms. The van der Waals surface area contributed by atoms with Crippen molar-refractivity contribution in [3.05, 3.63) is 9.86 Å². The monoisotopic (exact) mass is 348 g/mol. The van der Waals surface area contributed by atoms with Crippen molar-refractivity contribution in [1.29, 1.82) is 0 Å². The standard InChI is InChI=1S/C8H11O2.Bi/c1-4-5-6-8(2,3)7(9)10;/h1,4H,6H2,2-3H3,(H,9,10);. The first-order chi connectivity index (χ1) is 5.02. The summed E-state index contributed by atoms with van der Waals surface area (Å²) < 4.78 is 3.66. The molecule has 1 rings (SSSR count). The third-order valence-corrected chi connectivity index (χ3v) is 5.35. The van der Waals surface area contributed by atoms with Gasteiger partial charge in [-0.05, 0) is 0 Å². The Morgan fingerprint density at radius 3 is 2.55 bits per heavy atom. The molecule has 3 heteroatoms. The molecule has 0 atom stereocenters. The van der Waals surface area contributed by atoms with Crippen molar-refractivity contribution < 1.29 is 9.90 Å². The average molecular weight is 348 g/mol. The van der Waals surface area contributed by atoms with E-state index in [0.717, 1.165) is 6.42 Å². The summed E-state index contributed by atoms with van der Waals surface area (Å²) in [6.45, 7) is 3.57. The van der Waals surface area contributed by atoms with E-state index >= 15 is 0 Å². The van der Waals surface area contributed by atoms with Gasteiger partial charge in [-0.25, -0.2) is 0 Å². The fraction of sp³-hybridized carbons (Fsp3) is 0.500. The number of carboxylic acid groups (broad SMARTS) is 1. The van der Waals surface area contributed by atoms with E-state index in [4.69, 9.17) is 5.11 Å². The van der Waals surface area contributed by atoms with Crippen molar-refractivity contribution >= 4 is 31.9 Å². The van der Waals surface area contributed by atoms with Crippen LogP contribution in [0, 0.1) is 5.41 Å². The molecular weight excluding hydrogens is 337 g/mol. The average Bonchev–Trinajstić information content (AvgIpc) is 1.79. The molecular formula is C8H11BiO2. The Kier molecular flexibility index (Phi) is 2.59. The molecule has 0 radical (unpaired) electrons. The number of hydrogen-bond donors (Lipinski definition) is 1. The Balaban J connectivity index is 2.52. The molecule has 2 nitrogen and oxygen atoms in total. The second-order valence-electron chi connectivity index (χ2n) is 3.30. The number of carboxylic acids is 1. The SMILES string of the molecule is CC(C)(C[C]1=[Bi][CH]=C1)C(=O)O. The van der Waals surface area contributed by atoms with Crippen molar-refractivity contribution in [2.24, 2.45) is 5.41 Å². The minimum atomic E-state index is -0.688. The van der Waals surface area contributed by atoms with Gasteiger partial charge >= 0.3 is 77.4 Å². The Morgan fingerprint density at radius 1 is 1.73 bits per heavy atom. The topological polar surface area (TPSA) is 37.3 Å². The third-order valence-electron chi connectivity index (χ3n) is 1.71.